The molecular weight excluding hydrogens is 428 g/mol. The van der Waals surface area contributed by atoms with E-state index in [0.717, 1.165) is 24.3 Å². The van der Waals surface area contributed by atoms with Crippen LogP contribution in [-0.2, 0) is 4.74 Å². The Labute approximate surface area is 179 Å². The van der Waals surface area contributed by atoms with E-state index in [9.17, 15) is 40.5 Å². The van der Waals surface area contributed by atoms with Crippen LogP contribution in [0.25, 0.3) is 22.3 Å². The van der Waals surface area contributed by atoms with Gasteiger partial charge >= 0.3 is 0 Å². The Morgan fingerprint density at radius 1 is 0.875 bits per heavy atom. The second-order valence-electron chi connectivity index (χ2n) is 7.43. The Morgan fingerprint density at radius 2 is 1.59 bits per heavy atom. The summed E-state index contributed by atoms with van der Waals surface area (Å²) in [6.45, 7) is 1.42. The van der Waals surface area contributed by atoms with Gasteiger partial charge in [-0.1, -0.05) is 0 Å². The zero-order valence-corrected chi connectivity index (χ0v) is 16.5. The number of rotatable bonds is 3. The van der Waals surface area contributed by atoms with Crippen LogP contribution in [0.15, 0.2) is 39.5 Å². The van der Waals surface area contributed by atoms with Crippen molar-refractivity contribution in [3.8, 4) is 40.1 Å². The maximum absolute atomic E-state index is 13.2. The van der Waals surface area contributed by atoms with Gasteiger partial charge in [0.05, 0.1) is 6.10 Å². The fourth-order valence-corrected chi connectivity index (χ4v) is 3.46. The number of hydrogen-bond acceptors (Lipinski definition) is 11. The minimum atomic E-state index is -1.74. The van der Waals surface area contributed by atoms with Crippen LogP contribution in [0.3, 0.4) is 0 Å². The molecule has 0 spiro atoms. The number of aliphatic hydroxyl groups is 3. The average molecular weight is 448 g/mol. The van der Waals surface area contributed by atoms with E-state index >= 15 is 0 Å². The van der Waals surface area contributed by atoms with E-state index in [-0.39, 0.29) is 28.0 Å². The molecule has 170 valence electrons. The molecular formula is C21H20O11. The molecule has 0 bridgehead atoms. The van der Waals surface area contributed by atoms with E-state index in [1.165, 1.54) is 13.0 Å². The van der Waals surface area contributed by atoms with Crippen molar-refractivity contribution in [2.75, 3.05) is 0 Å². The van der Waals surface area contributed by atoms with E-state index in [1.54, 1.807) is 0 Å². The SMILES string of the molecule is CC1O[C@@H](Oc2c(-c3ccc(O)c(O)c3)oc3cc(O)cc(O)c3c2=O)[C@H](O)[C@H](O)[C@H]1O. The Balaban J connectivity index is 1.92. The lowest BCUT2D eigenvalue weighted by Gasteiger charge is -2.38. The van der Waals surface area contributed by atoms with Gasteiger partial charge in [-0.05, 0) is 25.1 Å². The highest BCUT2D eigenvalue weighted by Crippen LogP contribution is 2.39. The summed E-state index contributed by atoms with van der Waals surface area (Å²) in [5.41, 5.74) is -1.05. The molecule has 0 radical (unpaired) electrons. The molecule has 3 aromatic rings. The molecule has 1 fully saturated rings. The molecule has 4 rings (SSSR count). The monoisotopic (exact) mass is 448 g/mol. The highest BCUT2D eigenvalue weighted by Gasteiger charge is 2.44. The molecule has 1 unspecified atom stereocenters. The number of ether oxygens (including phenoxy) is 2. The lowest BCUT2D eigenvalue weighted by Crippen LogP contribution is -2.58. The average Bonchev–Trinajstić information content (AvgIpc) is 2.73. The van der Waals surface area contributed by atoms with Gasteiger partial charge in [0.1, 0.15) is 40.8 Å². The first-order valence-corrected chi connectivity index (χ1v) is 9.50. The maximum atomic E-state index is 13.2. The van der Waals surface area contributed by atoms with Crippen LogP contribution in [0, 0.1) is 0 Å². The Hall–Kier alpha value is -3.51. The van der Waals surface area contributed by atoms with Crippen LogP contribution in [0.2, 0.25) is 0 Å². The quantitative estimate of drug-likeness (QED) is 0.276. The smallest absolute Gasteiger partial charge is 0.239 e. The Morgan fingerprint density at radius 3 is 2.28 bits per heavy atom. The number of hydrogen-bond donors (Lipinski definition) is 7. The van der Waals surface area contributed by atoms with Crippen molar-refractivity contribution in [2.45, 2.75) is 37.6 Å². The summed E-state index contributed by atoms with van der Waals surface area (Å²) in [6, 6.07) is 5.51. The van der Waals surface area contributed by atoms with Crippen LogP contribution >= 0.6 is 0 Å². The molecule has 1 aromatic heterocycles. The fourth-order valence-electron chi connectivity index (χ4n) is 3.46. The molecule has 1 aliphatic heterocycles. The summed E-state index contributed by atoms with van der Waals surface area (Å²) < 4.78 is 16.6. The highest BCUT2D eigenvalue weighted by molar-refractivity contribution is 5.88. The normalized spacial score (nSPS) is 25.7. The Bertz CT molecular complexity index is 1230. The van der Waals surface area contributed by atoms with Crippen molar-refractivity contribution in [1.29, 1.82) is 0 Å². The number of phenols is 4. The molecule has 1 saturated heterocycles. The molecule has 32 heavy (non-hydrogen) atoms. The summed E-state index contributed by atoms with van der Waals surface area (Å²) in [6.07, 6.45) is -7.35. The van der Waals surface area contributed by atoms with E-state index in [1.807, 2.05) is 0 Å². The van der Waals surface area contributed by atoms with Crippen LogP contribution in [-0.4, -0.2) is 66.5 Å². The van der Waals surface area contributed by atoms with E-state index in [0.29, 0.717) is 0 Å². The third kappa shape index (κ3) is 3.56. The molecule has 11 nitrogen and oxygen atoms in total. The zero-order valence-electron chi connectivity index (χ0n) is 16.5. The first kappa shape index (κ1) is 21.7. The second kappa shape index (κ2) is 7.88. The molecule has 2 aromatic carbocycles. The van der Waals surface area contributed by atoms with Gasteiger partial charge in [0.15, 0.2) is 17.3 Å². The lowest BCUT2D eigenvalue weighted by molar-refractivity contribution is -0.268. The molecule has 1 aliphatic rings. The van der Waals surface area contributed by atoms with Gasteiger partial charge in [0.25, 0.3) is 0 Å². The maximum Gasteiger partial charge on any atom is 0.239 e. The molecule has 2 heterocycles. The predicted octanol–water partition coefficient (Wildman–Crippen LogP) is 0.489. The first-order chi connectivity index (χ1) is 15.1. The second-order valence-corrected chi connectivity index (χ2v) is 7.43. The van der Waals surface area contributed by atoms with Gasteiger partial charge in [-0.15, -0.1) is 0 Å². The van der Waals surface area contributed by atoms with Crippen LogP contribution in [0.1, 0.15) is 6.92 Å². The van der Waals surface area contributed by atoms with Crippen molar-refractivity contribution in [1.82, 2.24) is 0 Å². The molecule has 0 saturated carbocycles. The van der Waals surface area contributed by atoms with Gasteiger partial charge in [-0.2, -0.15) is 0 Å². The van der Waals surface area contributed by atoms with Crippen LogP contribution < -0.4 is 10.2 Å². The van der Waals surface area contributed by atoms with E-state index < -0.39 is 59.1 Å². The van der Waals surface area contributed by atoms with Crippen LogP contribution in [0.4, 0.5) is 0 Å². The van der Waals surface area contributed by atoms with E-state index in [2.05, 4.69) is 0 Å². The zero-order chi connectivity index (χ0) is 23.3. The number of fused-ring (bicyclic) bond motifs is 1. The van der Waals surface area contributed by atoms with Gasteiger partial charge in [-0.25, -0.2) is 0 Å². The number of benzene rings is 2. The van der Waals surface area contributed by atoms with Crippen molar-refractivity contribution >= 4 is 11.0 Å². The molecule has 5 atom stereocenters. The molecule has 0 aliphatic carbocycles. The van der Waals surface area contributed by atoms with Gasteiger partial charge < -0.3 is 49.6 Å². The third-order valence-electron chi connectivity index (χ3n) is 5.20. The summed E-state index contributed by atoms with van der Waals surface area (Å²) in [5, 5.41) is 69.2. The summed E-state index contributed by atoms with van der Waals surface area (Å²) in [4.78, 5) is 13.2. The summed E-state index contributed by atoms with van der Waals surface area (Å²) >= 11 is 0. The third-order valence-corrected chi connectivity index (χ3v) is 5.20. The van der Waals surface area contributed by atoms with Crippen molar-refractivity contribution in [2.24, 2.45) is 0 Å². The van der Waals surface area contributed by atoms with Gasteiger partial charge in [0.2, 0.25) is 17.5 Å². The minimum Gasteiger partial charge on any atom is -0.508 e. The topological polar surface area (TPSA) is 190 Å². The molecule has 0 amide bonds. The van der Waals surface area contributed by atoms with E-state index in [4.69, 9.17) is 13.9 Å². The summed E-state index contributed by atoms with van der Waals surface area (Å²) in [5.74, 6) is -2.80. The largest absolute Gasteiger partial charge is 0.508 e. The number of aliphatic hydroxyl groups excluding tert-OH is 3. The minimum absolute atomic E-state index is 0.0658. The Kier molecular flexibility index (Phi) is 5.34. The van der Waals surface area contributed by atoms with Crippen LogP contribution in [0.5, 0.6) is 28.7 Å². The lowest BCUT2D eigenvalue weighted by atomic mass is 10.00. The van der Waals surface area contributed by atoms with Crippen molar-refractivity contribution in [3.05, 3.63) is 40.6 Å². The molecule has 11 heteroatoms. The fraction of sp³-hybridized carbons (Fsp3) is 0.286. The molecule has 7 N–H and O–H groups in total. The number of phenolic OH excluding ortho intramolecular Hbond substituents is 4. The first-order valence-electron chi connectivity index (χ1n) is 9.50. The van der Waals surface area contributed by atoms with Crippen molar-refractivity contribution in [3.63, 3.8) is 0 Å². The van der Waals surface area contributed by atoms with Crippen molar-refractivity contribution < 1.29 is 49.6 Å². The van der Waals surface area contributed by atoms with Gasteiger partial charge in [-0.3, -0.25) is 4.79 Å². The predicted molar refractivity (Wildman–Crippen MR) is 108 cm³/mol. The standard InChI is InChI=1S/C21H20O11/c1-7-15(26)17(28)18(29)21(30-7)32-20-16(27)14-12(25)5-9(22)6-13(14)31-19(20)8-2-3-10(23)11(24)4-8/h2-7,15,17-18,21-26,28-29H,1H3/t7?,15-,17+,18+,21-/m0/s1. The summed E-state index contributed by atoms with van der Waals surface area (Å²) in [7, 11) is 0. The van der Waals surface area contributed by atoms with Gasteiger partial charge in [0, 0.05) is 17.7 Å². The number of aromatic hydroxyl groups is 4. The highest BCUT2D eigenvalue weighted by atomic mass is 16.7.